The molecule has 0 aliphatic carbocycles. The van der Waals surface area contributed by atoms with Crippen LogP contribution in [0.15, 0.2) is 15.3 Å². The van der Waals surface area contributed by atoms with Crippen LogP contribution in [0.3, 0.4) is 0 Å². The fourth-order valence-corrected chi connectivity index (χ4v) is 0.148. The molecule has 0 aliphatic rings. The first kappa shape index (κ1) is 7.13. The second kappa shape index (κ2) is 4.30. The van der Waals surface area contributed by atoms with Crippen molar-refractivity contribution < 1.29 is 0 Å². The second-order valence-corrected chi connectivity index (χ2v) is 1.37. The predicted molar refractivity (Wildman–Crippen MR) is 32.5 cm³/mol. The average Bonchev–Trinajstić information content (AvgIpc) is 1.66. The molecule has 0 saturated carbocycles. The molecule has 0 atom stereocenters. The Bertz CT molecular complexity index is 104. The minimum Gasteiger partial charge on any atom is -0.250 e. The van der Waals surface area contributed by atoms with Gasteiger partial charge >= 0.3 is 0 Å². The van der Waals surface area contributed by atoms with Gasteiger partial charge in [-0.05, 0) is 13.8 Å². The third-order valence-electron chi connectivity index (χ3n) is 0.376. The zero-order valence-corrected chi connectivity index (χ0v) is 4.92. The minimum absolute atomic E-state index is 0.873. The fraction of sp³-hybridized carbons (Fsp3) is 0.667. The highest BCUT2D eigenvalue weighted by Crippen LogP contribution is 1.68. The summed E-state index contributed by atoms with van der Waals surface area (Å²) in [5.74, 6) is 0. The van der Waals surface area contributed by atoms with Gasteiger partial charge in [0.15, 0.2) is 0 Å². The lowest BCUT2D eigenvalue weighted by molar-refractivity contribution is 0.759. The lowest BCUT2D eigenvalue weighted by atomic mass is 10.5. The molecule has 0 fully saturated rings. The maximum Gasteiger partial charge on any atom is 0.295 e. The molecule has 0 aromatic carbocycles. The van der Waals surface area contributed by atoms with E-state index in [-0.39, 0.29) is 0 Å². The third kappa shape index (κ3) is 5.13. The van der Waals surface area contributed by atoms with Crippen LogP contribution in [0.5, 0.6) is 0 Å². The van der Waals surface area contributed by atoms with Crippen molar-refractivity contribution in [3.8, 4) is 0 Å². The zero-order chi connectivity index (χ0) is 6.41. The minimum atomic E-state index is 0.873. The monoisotopic (exact) mass is 110 g/mol. The van der Waals surface area contributed by atoms with E-state index in [1.807, 2.05) is 13.8 Å². The van der Waals surface area contributed by atoms with Crippen LogP contribution in [0.4, 0.5) is 0 Å². The smallest absolute Gasteiger partial charge is 0.250 e. The Hall–Kier alpha value is -0.865. The summed E-state index contributed by atoms with van der Waals surface area (Å²) in [6.45, 7) is 3.66. The van der Waals surface area contributed by atoms with Gasteiger partial charge in [-0.1, -0.05) is 5.22 Å². The van der Waals surface area contributed by atoms with Gasteiger partial charge in [-0.15, -0.1) is 0 Å². The van der Waals surface area contributed by atoms with Gasteiger partial charge in [0, 0.05) is 5.71 Å². The Morgan fingerprint density at radius 2 is 2.12 bits per heavy atom. The summed E-state index contributed by atoms with van der Waals surface area (Å²) >= 11 is 0. The molecule has 0 aromatic heterocycles. The molecule has 0 aliphatic heterocycles. The maximum atomic E-state index is 4.64. The van der Waals surface area contributed by atoms with E-state index in [1.165, 1.54) is 0 Å². The van der Waals surface area contributed by atoms with Crippen molar-refractivity contribution in [2.75, 3.05) is 0 Å². The Morgan fingerprint density at radius 3 is 2.50 bits per heavy atom. The maximum absolute atomic E-state index is 4.64. The number of hydrogen-bond donors (Lipinski definition) is 1. The molecule has 42 valence electrons. The molecular formula is C3H7BN4. The van der Waals surface area contributed by atoms with Crippen molar-refractivity contribution in [2.24, 2.45) is 15.3 Å². The van der Waals surface area contributed by atoms with Gasteiger partial charge in [-0.3, -0.25) is 0 Å². The Labute approximate surface area is 49.5 Å². The molecule has 0 unspecified atom stereocenters. The summed E-state index contributed by atoms with van der Waals surface area (Å²) in [6, 6.07) is 0. The molecule has 0 spiro atoms. The van der Waals surface area contributed by atoms with E-state index in [4.69, 9.17) is 0 Å². The summed E-state index contributed by atoms with van der Waals surface area (Å²) in [4.78, 5) is 0. The fourth-order valence-electron chi connectivity index (χ4n) is 0.148. The van der Waals surface area contributed by atoms with Gasteiger partial charge in [0.05, 0.1) is 0 Å². The SMILES string of the molecule is [B]N=NNN=C(C)C. The lowest BCUT2D eigenvalue weighted by Crippen LogP contribution is -1.95. The Kier molecular flexibility index (Phi) is 3.83. The molecule has 0 rings (SSSR count). The number of nitrogens with zero attached hydrogens (tertiary/aromatic N) is 3. The van der Waals surface area contributed by atoms with E-state index in [9.17, 15) is 0 Å². The van der Waals surface area contributed by atoms with Crippen LogP contribution in [-0.4, -0.2) is 13.7 Å². The van der Waals surface area contributed by atoms with Gasteiger partial charge < -0.3 is 0 Å². The number of hydrogen-bond acceptors (Lipinski definition) is 3. The van der Waals surface area contributed by atoms with Crippen LogP contribution in [0.2, 0.25) is 0 Å². The van der Waals surface area contributed by atoms with Crippen molar-refractivity contribution in [2.45, 2.75) is 13.8 Å². The molecule has 0 aromatic rings. The highest BCUT2D eigenvalue weighted by molar-refractivity contribution is 6.04. The van der Waals surface area contributed by atoms with Gasteiger partial charge in [0.1, 0.15) is 0 Å². The first-order chi connectivity index (χ1) is 3.77. The normalized spacial score (nSPS) is 9.25. The molecule has 2 radical (unpaired) electrons. The molecule has 0 heterocycles. The molecule has 5 heteroatoms. The number of hydrazone groups is 1. The Balaban J connectivity index is 3.30. The van der Waals surface area contributed by atoms with Crippen molar-refractivity contribution in [1.82, 2.24) is 5.53 Å². The third-order valence-corrected chi connectivity index (χ3v) is 0.376. The van der Waals surface area contributed by atoms with E-state index in [2.05, 4.69) is 28.9 Å². The highest BCUT2D eigenvalue weighted by atomic mass is 15.6. The average molecular weight is 110 g/mol. The summed E-state index contributed by atoms with van der Waals surface area (Å²) in [7, 11) is 4.64. The Morgan fingerprint density at radius 1 is 1.50 bits per heavy atom. The molecule has 0 amide bonds. The topological polar surface area (TPSA) is 49.1 Å². The molecule has 8 heavy (non-hydrogen) atoms. The van der Waals surface area contributed by atoms with Gasteiger partial charge in [0.2, 0.25) is 0 Å². The van der Waals surface area contributed by atoms with Crippen molar-refractivity contribution >= 4 is 13.7 Å². The van der Waals surface area contributed by atoms with Crippen LogP contribution in [0.25, 0.3) is 0 Å². The van der Waals surface area contributed by atoms with Crippen LogP contribution < -0.4 is 5.53 Å². The molecular weight excluding hydrogens is 103 g/mol. The largest absolute Gasteiger partial charge is 0.295 e. The zero-order valence-electron chi connectivity index (χ0n) is 4.92. The molecule has 0 saturated heterocycles. The first-order valence-corrected chi connectivity index (χ1v) is 2.13. The van der Waals surface area contributed by atoms with Crippen molar-refractivity contribution in [3.63, 3.8) is 0 Å². The van der Waals surface area contributed by atoms with Gasteiger partial charge in [0.25, 0.3) is 7.98 Å². The van der Waals surface area contributed by atoms with E-state index in [0.717, 1.165) is 5.71 Å². The van der Waals surface area contributed by atoms with Crippen LogP contribution in [0.1, 0.15) is 13.8 Å². The van der Waals surface area contributed by atoms with Gasteiger partial charge in [-0.2, -0.15) is 10.6 Å². The molecule has 4 nitrogen and oxygen atoms in total. The van der Waals surface area contributed by atoms with Crippen LogP contribution in [-0.2, 0) is 0 Å². The summed E-state index contributed by atoms with van der Waals surface area (Å²) in [5.41, 5.74) is 3.13. The van der Waals surface area contributed by atoms with Crippen LogP contribution >= 0.6 is 0 Å². The van der Waals surface area contributed by atoms with E-state index in [1.54, 1.807) is 0 Å². The van der Waals surface area contributed by atoms with E-state index in [0.29, 0.717) is 0 Å². The second-order valence-electron chi connectivity index (χ2n) is 1.37. The standard InChI is InChI=1S/C3H7BN4/c1-3(2)5-7-8-6-4/h1-2H3,(H,6,7). The lowest BCUT2D eigenvalue weighted by Gasteiger charge is -1.86. The predicted octanol–water partition coefficient (Wildman–Crippen LogP) is 0.422. The number of nitrogens with one attached hydrogen (secondary N) is 1. The number of rotatable bonds is 2. The summed E-state index contributed by atoms with van der Waals surface area (Å²) in [5, 5.41) is 9.73. The quantitative estimate of drug-likeness (QED) is 0.238. The van der Waals surface area contributed by atoms with Crippen molar-refractivity contribution in [1.29, 1.82) is 0 Å². The molecule has 0 bridgehead atoms. The van der Waals surface area contributed by atoms with Crippen molar-refractivity contribution in [3.05, 3.63) is 0 Å². The van der Waals surface area contributed by atoms with Crippen LogP contribution in [0, 0.1) is 0 Å². The first-order valence-electron chi connectivity index (χ1n) is 2.13. The van der Waals surface area contributed by atoms with E-state index >= 15 is 0 Å². The van der Waals surface area contributed by atoms with Gasteiger partial charge in [-0.25, -0.2) is 5.03 Å². The molecule has 1 N–H and O–H groups in total. The van der Waals surface area contributed by atoms with E-state index < -0.39 is 0 Å². The summed E-state index contributed by atoms with van der Waals surface area (Å²) < 4.78 is 0. The highest BCUT2D eigenvalue weighted by Gasteiger charge is 1.70. The summed E-state index contributed by atoms with van der Waals surface area (Å²) in [6.07, 6.45) is 0.